The summed E-state index contributed by atoms with van der Waals surface area (Å²) >= 11 is 5.89. The number of benzene rings is 2. The summed E-state index contributed by atoms with van der Waals surface area (Å²) in [7, 11) is 0. The SMILES string of the molecule is O=C1c2ccccc2CN1CC1CCN(CCOc2ccc(Cl)cc2)CC1. The molecular weight excluding hydrogens is 360 g/mol. The molecule has 2 aromatic rings. The highest BCUT2D eigenvalue weighted by Crippen LogP contribution is 2.26. The Labute approximate surface area is 165 Å². The van der Waals surface area contributed by atoms with Gasteiger partial charge in [-0.1, -0.05) is 29.8 Å². The molecule has 1 amide bonds. The monoisotopic (exact) mass is 384 g/mol. The van der Waals surface area contributed by atoms with E-state index < -0.39 is 0 Å². The Morgan fingerprint density at radius 2 is 1.78 bits per heavy atom. The maximum absolute atomic E-state index is 12.5. The molecule has 2 aromatic carbocycles. The lowest BCUT2D eigenvalue weighted by atomic mass is 9.96. The van der Waals surface area contributed by atoms with E-state index in [9.17, 15) is 4.79 Å². The summed E-state index contributed by atoms with van der Waals surface area (Å²) in [5.74, 6) is 1.66. The number of hydrogen-bond acceptors (Lipinski definition) is 3. The topological polar surface area (TPSA) is 32.8 Å². The summed E-state index contributed by atoms with van der Waals surface area (Å²) < 4.78 is 5.79. The lowest BCUT2D eigenvalue weighted by Crippen LogP contribution is -2.40. The van der Waals surface area contributed by atoms with E-state index in [-0.39, 0.29) is 5.91 Å². The number of halogens is 1. The number of hydrogen-bond donors (Lipinski definition) is 0. The van der Waals surface area contributed by atoms with Crippen LogP contribution in [-0.2, 0) is 6.54 Å². The van der Waals surface area contributed by atoms with Gasteiger partial charge in [-0.2, -0.15) is 0 Å². The number of carbonyl (C=O) groups excluding carboxylic acids is 1. The Balaban J connectivity index is 1.18. The maximum Gasteiger partial charge on any atom is 0.254 e. The van der Waals surface area contributed by atoms with Gasteiger partial charge in [0.15, 0.2) is 0 Å². The third-order valence-corrected chi connectivity index (χ3v) is 5.82. The number of nitrogens with zero attached hydrogens (tertiary/aromatic N) is 2. The van der Waals surface area contributed by atoms with Gasteiger partial charge in [0.2, 0.25) is 0 Å². The third-order valence-electron chi connectivity index (χ3n) is 5.57. The fourth-order valence-electron chi connectivity index (χ4n) is 3.99. The summed E-state index contributed by atoms with van der Waals surface area (Å²) in [6.45, 7) is 5.41. The van der Waals surface area contributed by atoms with Gasteiger partial charge in [0.25, 0.3) is 5.91 Å². The molecule has 4 nitrogen and oxygen atoms in total. The van der Waals surface area contributed by atoms with Crippen LogP contribution in [0.15, 0.2) is 48.5 Å². The molecule has 0 N–H and O–H groups in total. The van der Waals surface area contributed by atoms with Crippen molar-refractivity contribution < 1.29 is 9.53 Å². The van der Waals surface area contributed by atoms with Crippen molar-refractivity contribution in [3.8, 4) is 5.75 Å². The Morgan fingerprint density at radius 1 is 1.04 bits per heavy atom. The molecule has 27 heavy (non-hydrogen) atoms. The Hall–Kier alpha value is -2.04. The summed E-state index contributed by atoms with van der Waals surface area (Å²) in [6, 6.07) is 15.5. The predicted molar refractivity (Wildman–Crippen MR) is 107 cm³/mol. The zero-order valence-electron chi connectivity index (χ0n) is 15.4. The predicted octanol–water partition coefficient (Wildman–Crippen LogP) is 4.09. The molecule has 0 radical (unpaired) electrons. The van der Waals surface area contributed by atoms with Crippen molar-refractivity contribution in [2.24, 2.45) is 5.92 Å². The average molecular weight is 385 g/mol. The van der Waals surface area contributed by atoms with Crippen molar-refractivity contribution in [2.75, 3.05) is 32.8 Å². The molecule has 5 heteroatoms. The Bertz CT molecular complexity index is 785. The molecule has 0 saturated carbocycles. The zero-order chi connectivity index (χ0) is 18.6. The minimum atomic E-state index is 0.199. The fraction of sp³-hybridized carbons (Fsp3) is 0.409. The minimum Gasteiger partial charge on any atom is -0.492 e. The van der Waals surface area contributed by atoms with Crippen LogP contribution in [0.25, 0.3) is 0 Å². The molecule has 0 aliphatic carbocycles. The van der Waals surface area contributed by atoms with E-state index in [2.05, 4.69) is 11.0 Å². The first-order valence-corrected chi connectivity index (χ1v) is 10.0. The summed E-state index contributed by atoms with van der Waals surface area (Å²) in [6.07, 6.45) is 2.28. The van der Waals surface area contributed by atoms with E-state index in [4.69, 9.17) is 16.3 Å². The standard InChI is InChI=1S/C22H25ClN2O2/c23-19-5-7-20(8-6-19)27-14-13-24-11-9-17(10-12-24)15-25-16-18-3-1-2-4-21(18)22(25)26/h1-8,17H,9-16H2. The van der Waals surface area contributed by atoms with Crippen molar-refractivity contribution in [2.45, 2.75) is 19.4 Å². The van der Waals surface area contributed by atoms with E-state index in [0.29, 0.717) is 12.5 Å². The molecule has 2 heterocycles. The smallest absolute Gasteiger partial charge is 0.254 e. The van der Waals surface area contributed by atoms with Crippen LogP contribution in [-0.4, -0.2) is 48.5 Å². The largest absolute Gasteiger partial charge is 0.492 e. The Kier molecular flexibility index (Phi) is 5.65. The fourth-order valence-corrected chi connectivity index (χ4v) is 4.12. The molecule has 0 atom stereocenters. The number of amides is 1. The van der Waals surface area contributed by atoms with Crippen LogP contribution in [0.4, 0.5) is 0 Å². The quantitative estimate of drug-likeness (QED) is 0.752. The number of likely N-dealkylation sites (tertiary alicyclic amines) is 1. The first kappa shape index (κ1) is 18.3. The highest BCUT2D eigenvalue weighted by molar-refractivity contribution is 6.30. The van der Waals surface area contributed by atoms with Crippen molar-refractivity contribution >= 4 is 17.5 Å². The number of carbonyl (C=O) groups is 1. The van der Waals surface area contributed by atoms with Gasteiger partial charge in [0.1, 0.15) is 12.4 Å². The van der Waals surface area contributed by atoms with E-state index in [0.717, 1.165) is 61.9 Å². The molecule has 1 fully saturated rings. The highest BCUT2D eigenvalue weighted by Gasteiger charge is 2.29. The van der Waals surface area contributed by atoms with Gasteiger partial charge in [-0.3, -0.25) is 9.69 Å². The number of rotatable bonds is 6. The van der Waals surface area contributed by atoms with Crippen LogP contribution < -0.4 is 4.74 Å². The van der Waals surface area contributed by atoms with Gasteiger partial charge in [0.05, 0.1) is 0 Å². The van der Waals surface area contributed by atoms with E-state index >= 15 is 0 Å². The lowest BCUT2D eigenvalue weighted by Gasteiger charge is -2.33. The molecule has 2 aliphatic heterocycles. The third kappa shape index (κ3) is 4.45. The molecule has 142 valence electrons. The normalized spacial score (nSPS) is 18.0. The summed E-state index contributed by atoms with van der Waals surface area (Å²) in [5, 5.41) is 0.726. The second-order valence-corrected chi connectivity index (χ2v) is 7.87. The van der Waals surface area contributed by atoms with E-state index in [1.54, 1.807) is 0 Å². The Morgan fingerprint density at radius 3 is 2.52 bits per heavy atom. The molecular formula is C22H25ClN2O2. The summed E-state index contributed by atoms with van der Waals surface area (Å²) in [5.41, 5.74) is 2.05. The van der Waals surface area contributed by atoms with Crippen LogP contribution in [0.2, 0.25) is 5.02 Å². The number of fused-ring (bicyclic) bond motifs is 1. The van der Waals surface area contributed by atoms with Crippen LogP contribution in [0, 0.1) is 5.92 Å². The van der Waals surface area contributed by atoms with Gasteiger partial charge in [0, 0.05) is 30.2 Å². The van der Waals surface area contributed by atoms with E-state index in [1.165, 1.54) is 5.56 Å². The number of piperidine rings is 1. The second kappa shape index (κ2) is 8.32. The average Bonchev–Trinajstić information content (AvgIpc) is 3.01. The van der Waals surface area contributed by atoms with Crippen LogP contribution >= 0.6 is 11.6 Å². The first-order chi connectivity index (χ1) is 13.2. The van der Waals surface area contributed by atoms with Gasteiger partial charge in [-0.25, -0.2) is 0 Å². The van der Waals surface area contributed by atoms with Crippen molar-refractivity contribution in [3.63, 3.8) is 0 Å². The molecule has 0 aromatic heterocycles. The molecule has 0 unspecified atom stereocenters. The number of ether oxygens (including phenoxy) is 1. The first-order valence-electron chi connectivity index (χ1n) is 9.67. The molecule has 0 spiro atoms. The van der Waals surface area contributed by atoms with Crippen LogP contribution in [0.5, 0.6) is 5.75 Å². The molecule has 0 bridgehead atoms. The van der Waals surface area contributed by atoms with Crippen molar-refractivity contribution in [3.05, 3.63) is 64.7 Å². The zero-order valence-corrected chi connectivity index (χ0v) is 16.2. The molecule has 4 rings (SSSR count). The van der Waals surface area contributed by atoms with Gasteiger partial charge < -0.3 is 9.64 Å². The lowest BCUT2D eigenvalue weighted by molar-refractivity contribution is 0.0708. The minimum absolute atomic E-state index is 0.199. The molecule has 2 aliphatic rings. The summed E-state index contributed by atoms with van der Waals surface area (Å²) in [4.78, 5) is 17.0. The van der Waals surface area contributed by atoms with Gasteiger partial charge in [-0.05, 0) is 67.7 Å². The van der Waals surface area contributed by atoms with Crippen LogP contribution in [0.1, 0.15) is 28.8 Å². The highest BCUT2D eigenvalue weighted by atomic mass is 35.5. The van der Waals surface area contributed by atoms with E-state index in [1.807, 2.05) is 47.4 Å². The van der Waals surface area contributed by atoms with Crippen LogP contribution in [0.3, 0.4) is 0 Å². The molecule has 1 saturated heterocycles. The van der Waals surface area contributed by atoms with Gasteiger partial charge in [-0.15, -0.1) is 0 Å². The van der Waals surface area contributed by atoms with Crippen molar-refractivity contribution in [1.82, 2.24) is 9.80 Å². The second-order valence-electron chi connectivity index (χ2n) is 7.43. The van der Waals surface area contributed by atoms with Crippen molar-refractivity contribution in [1.29, 1.82) is 0 Å². The van der Waals surface area contributed by atoms with Gasteiger partial charge >= 0.3 is 0 Å². The maximum atomic E-state index is 12.5.